The number of aromatic nitrogens is 4. The molecule has 1 N–H and O–H groups in total. The number of nitrogens with zero attached hydrogens (tertiary/aromatic N) is 4. The normalized spacial score (nSPS) is 10.8. The minimum absolute atomic E-state index is 0.274. The Labute approximate surface area is 161 Å². The number of amides is 1. The summed E-state index contributed by atoms with van der Waals surface area (Å²) >= 11 is 4.16. The van der Waals surface area contributed by atoms with Crippen molar-refractivity contribution in [2.24, 2.45) is 0 Å². The van der Waals surface area contributed by atoms with Gasteiger partial charge in [0, 0.05) is 6.54 Å². The number of nitrogens with one attached hydrogen (secondary N) is 1. The van der Waals surface area contributed by atoms with Gasteiger partial charge in [-0.1, -0.05) is 35.2 Å². The predicted molar refractivity (Wildman–Crippen MR) is 98.6 cm³/mol. The Kier molecular flexibility index (Phi) is 6.58. The average Bonchev–Trinajstić information content (AvgIpc) is 3.29. The van der Waals surface area contributed by atoms with Crippen LogP contribution < -0.4 is 5.32 Å². The van der Waals surface area contributed by atoms with E-state index >= 15 is 0 Å². The van der Waals surface area contributed by atoms with E-state index in [1.807, 2.05) is 6.26 Å². The summed E-state index contributed by atoms with van der Waals surface area (Å²) in [5.74, 6) is 1.11. The van der Waals surface area contributed by atoms with Crippen LogP contribution in [0, 0.1) is 5.82 Å². The third-order valence-corrected chi connectivity index (χ3v) is 5.53. The highest BCUT2D eigenvalue weighted by molar-refractivity contribution is 7.98. The molecule has 1 amide bonds. The first-order valence-corrected chi connectivity index (χ1v) is 10.6. The largest absolute Gasteiger partial charge is 0.415 e. The molecule has 0 bridgehead atoms. The fourth-order valence-corrected chi connectivity index (χ4v) is 3.75. The lowest BCUT2D eigenvalue weighted by molar-refractivity contribution is 0.0950. The van der Waals surface area contributed by atoms with Gasteiger partial charge in [0.2, 0.25) is 10.9 Å². The maximum Gasteiger partial charge on any atom is 0.282 e. The number of carbonyl (C=O) groups is 1. The van der Waals surface area contributed by atoms with Gasteiger partial charge in [0.05, 0.1) is 11.5 Å². The maximum absolute atomic E-state index is 12.9. The molecular formula is C15H14FN5O2S3. The first kappa shape index (κ1) is 18.8. The van der Waals surface area contributed by atoms with Gasteiger partial charge in [0.25, 0.3) is 11.1 Å². The van der Waals surface area contributed by atoms with Gasteiger partial charge in [-0.25, -0.2) is 4.39 Å². The summed E-state index contributed by atoms with van der Waals surface area (Å²) in [4.78, 5) is 12.1. The monoisotopic (exact) mass is 411 g/mol. The van der Waals surface area contributed by atoms with Crippen molar-refractivity contribution in [1.82, 2.24) is 25.7 Å². The van der Waals surface area contributed by atoms with Crippen molar-refractivity contribution in [2.75, 3.05) is 6.26 Å². The molecule has 0 atom stereocenters. The molecule has 26 heavy (non-hydrogen) atoms. The Morgan fingerprint density at radius 2 is 2.00 bits per heavy atom. The summed E-state index contributed by atoms with van der Waals surface area (Å²) in [6.45, 7) is 0.295. The lowest BCUT2D eigenvalue weighted by atomic mass is 10.2. The SMILES string of the molecule is CSCc1nnc(SCc2nnc(C(=O)NCc3ccc(F)cc3)s2)o1. The highest BCUT2D eigenvalue weighted by Crippen LogP contribution is 2.24. The first-order valence-electron chi connectivity index (χ1n) is 7.43. The van der Waals surface area contributed by atoms with E-state index < -0.39 is 0 Å². The standard InChI is InChI=1S/C15H14FN5O2S3/c1-24-7-11-18-21-15(23-11)25-8-12-19-20-14(26-12)13(22)17-6-9-2-4-10(16)5-3-9/h2-5H,6-8H2,1H3,(H,17,22). The van der Waals surface area contributed by atoms with Gasteiger partial charge in [0.1, 0.15) is 10.8 Å². The molecule has 0 unspecified atom stereocenters. The zero-order chi connectivity index (χ0) is 18.4. The summed E-state index contributed by atoms with van der Waals surface area (Å²) in [5.41, 5.74) is 0.803. The minimum Gasteiger partial charge on any atom is -0.415 e. The third kappa shape index (κ3) is 5.26. The van der Waals surface area contributed by atoms with Crippen LogP contribution in [-0.4, -0.2) is 32.6 Å². The third-order valence-electron chi connectivity index (χ3n) is 3.06. The maximum atomic E-state index is 12.9. The number of hydrogen-bond donors (Lipinski definition) is 1. The van der Waals surface area contributed by atoms with Crippen molar-refractivity contribution in [3.8, 4) is 0 Å². The average molecular weight is 412 g/mol. The molecule has 0 fully saturated rings. The number of carbonyl (C=O) groups excluding carboxylic acids is 1. The van der Waals surface area contributed by atoms with Gasteiger partial charge in [-0.15, -0.1) is 20.4 Å². The lowest BCUT2D eigenvalue weighted by Crippen LogP contribution is -2.22. The zero-order valence-corrected chi connectivity index (χ0v) is 16.1. The van der Waals surface area contributed by atoms with Gasteiger partial charge >= 0.3 is 0 Å². The fourth-order valence-electron chi connectivity index (χ4n) is 1.87. The lowest BCUT2D eigenvalue weighted by Gasteiger charge is -2.02. The molecule has 0 spiro atoms. The summed E-state index contributed by atoms with van der Waals surface area (Å²) in [6.07, 6.45) is 1.96. The van der Waals surface area contributed by atoms with Crippen LogP contribution in [0.1, 0.15) is 26.3 Å². The minimum atomic E-state index is -0.317. The van der Waals surface area contributed by atoms with Gasteiger partial charge in [0.15, 0.2) is 0 Å². The zero-order valence-electron chi connectivity index (χ0n) is 13.6. The second kappa shape index (κ2) is 9.10. The molecule has 0 aliphatic rings. The van der Waals surface area contributed by atoms with Crippen LogP contribution >= 0.6 is 34.9 Å². The molecule has 3 rings (SSSR count). The van der Waals surface area contributed by atoms with Crippen molar-refractivity contribution < 1.29 is 13.6 Å². The van der Waals surface area contributed by atoms with E-state index in [9.17, 15) is 9.18 Å². The fraction of sp³-hybridized carbons (Fsp3) is 0.267. The van der Waals surface area contributed by atoms with Crippen LogP contribution in [0.5, 0.6) is 0 Å². The van der Waals surface area contributed by atoms with E-state index in [0.717, 1.165) is 5.56 Å². The molecule has 136 valence electrons. The van der Waals surface area contributed by atoms with Crippen LogP contribution in [0.3, 0.4) is 0 Å². The Balaban J connectivity index is 1.49. The van der Waals surface area contributed by atoms with Gasteiger partial charge in [-0.2, -0.15) is 11.8 Å². The smallest absolute Gasteiger partial charge is 0.282 e. The molecule has 2 heterocycles. The second-order valence-electron chi connectivity index (χ2n) is 4.99. The summed E-state index contributed by atoms with van der Waals surface area (Å²) < 4.78 is 18.3. The Bertz CT molecular complexity index is 868. The topological polar surface area (TPSA) is 93.8 Å². The molecule has 0 saturated carbocycles. The molecule has 0 aliphatic heterocycles. The van der Waals surface area contributed by atoms with E-state index in [1.165, 1.54) is 35.2 Å². The molecule has 0 radical (unpaired) electrons. The number of thioether (sulfide) groups is 2. The van der Waals surface area contributed by atoms with Crippen molar-refractivity contribution in [2.45, 2.75) is 23.3 Å². The molecule has 0 saturated heterocycles. The van der Waals surface area contributed by atoms with Crippen molar-refractivity contribution in [3.63, 3.8) is 0 Å². The number of rotatable bonds is 8. The van der Waals surface area contributed by atoms with Gasteiger partial charge < -0.3 is 9.73 Å². The summed E-state index contributed by atoms with van der Waals surface area (Å²) in [5, 5.41) is 19.9. The van der Waals surface area contributed by atoms with Crippen LogP contribution in [-0.2, 0) is 18.1 Å². The van der Waals surface area contributed by atoms with E-state index in [0.29, 0.717) is 34.2 Å². The Hall–Kier alpha value is -1.98. The van der Waals surface area contributed by atoms with Crippen molar-refractivity contribution >= 4 is 40.8 Å². The first-order chi connectivity index (χ1) is 12.6. The number of hydrogen-bond acceptors (Lipinski definition) is 9. The van der Waals surface area contributed by atoms with E-state index in [4.69, 9.17) is 4.42 Å². The highest BCUT2D eigenvalue weighted by Gasteiger charge is 2.14. The Morgan fingerprint density at radius 1 is 1.19 bits per heavy atom. The summed E-state index contributed by atoms with van der Waals surface area (Å²) in [7, 11) is 0. The molecule has 0 aliphatic carbocycles. The van der Waals surface area contributed by atoms with E-state index in [2.05, 4.69) is 25.7 Å². The van der Waals surface area contributed by atoms with Crippen LogP contribution in [0.25, 0.3) is 0 Å². The second-order valence-corrected chi connectivity index (χ2v) is 7.85. The van der Waals surface area contributed by atoms with Crippen molar-refractivity contribution in [1.29, 1.82) is 0 Å². The highest BCUT2D eigenvalue weighted by atomic mass is 32.2. The number of benzene rings is 1. The number of halogens is 1. The molecule has 11 heteroatoms. The van der Waals surface area contributed by atoms with Crippen LogP contribution in [0.4, 0.5) is 4.39 Å². The van der Waals surface area contributed by atoms with Gasteiger partial charge in [-0.3, -0.25) is 4.79 Å². The molecule has 1 aromatic carbocycles. The molecule has 2 aromatic heterocycles. The van der Waals surface area contributed by atoms with E-state index in [-0.39, 0.29) is 16.7 Å². The summed E-state index contributed by atoms with van der Waals surface area (Å²) in [6, 6.07) is 5.94. The van der Waals surface area contributed by atoms with Crippen LogP contribution in [0.15, 0.2) is 33.9 Å². The molecular weight excluding hydrogens is 397 g/mol. The van der Waals surface area contributed by atoms with Gasteiger partial charge in [-0.05, 0) is 24.0 Å². The predicted octanol–water partition coefficient (Wildman–Crippen LogP) is 3.15. The van der Waals surface area contributed by atoms with E-state index in [1.54, 1.807) is 23.9 Å². The molecule has 3 aromatic rings. The quantitative estimate of drug-likeness (QED) is 0.565. The molecule has 7 nitrogen and oxygen atoms in total. The van der Waals surface area contributed by atoms with Crippen molar-refractivity contribution in [3.05, 3.63) is 51.6 Å². The Morgan fingerprint density at radius 3 is 2.77 bits per heavy atom. The van der Waals surface area contributed by atoms with Crippen LogP contribution in [0.2, 0.25) is 0 Å².